The summed E-state index contributed by atoms with van der Waals surface area (Å²) in [4.78, 5) is 0. The topological polar surface area (TPSA) is 71.6 Å². The van der Waals surface area contributed by atoms with E-state index < -0.39 is 23.2 Å². The average Bonchev–Trinajstić information content (AvgIpc) is 3.19. The summed E-state index contributed by atoms with van der Waals surface area (Å²) in [5, 5.41) is 28.8. The molecule has 2 unspecified atom stereocenters. The van der Waals surface area contributed by atoms with E-state index in [0.717, 1.165) is 33.4 Å². The largest absolute Gasteiger partial charge is 0.285 e. The van der Waals surface area contributed by atoms with Crippen LogP contribution in [0.3, 0.4) is 0 Å². The van der Waals surface area contributed by atoms with Gasteiger partial charge in [-0.25, -0.2) is 0 Å². The maximum absolute atomic E-state index is 10.6. The van der Waals surface area contributed by atoms with Gasteiger partial charge in [0.25, 0.3) is 0 Å². The van der Waals surface area contributed by atoms with Crippen LogP contribution >= 0.6 is 0 Å². The van der Waals surface area contributed by atoms with Crippen molar-refractivity contribution in [2.24, 2.45) is 0 Å². The lowest BCUT2D eigenvalue weighted by Gasteiger charge is -2.39. The molecule has 0 radical (unpaired) electrons. The molecule has 2 N–H and O–H groups in total. The molecule has 0 aromatic heterocycles. The highest BCUT2D eigenvalue weighted by atomic mass is 15.0. The third-order valence-electron chi connectivity index (χ3n) is 9.32. The lowest BCUT2D eigenvalue weighted by atomic mass is 9.76. The van der Waals surface area contributed by atoms with Crippen molar-refractivity contribution in [3.63, 3.8) is 0 Å². The van der Waals surface area contributed by atoms with E-state index >= 15 is 0 Å². The number of nitriles is 2. The van der Waals surface area contributed by atoms with Crippen LogP contribution in [-0.4, -0.2) is 12.1 Å². The van der Waals surface area contributed by atoms with E-state index in [1.165, 1.54) is 0 Å². The predicted molar refractivity (Wildman–Crippen MR) is 197 cm³/mol. The van der Waals surface area contributed by atoms with Gasteiger partial charge in [-0.2, -0.15) is 10.5 Å². The first kappa shape index (κ1) is 33.1. The van der Waals surface area contributed by atoms with E-state index in [1.54, 1.807) is 0 Å². The van der Waals surface area contributed by atoms with Gasteiger partial charge in [-0.1, -0.05) is 182 Å². The first-order valence-corrected chi connectivity index (χ1v) is 16.9. The van der Waals surface area contributed by atoms with Crippen LogP contribution in [0.15, 0.2) is 182 Å². The molecular formula is C45H40N4. The summed E-state index contributed by atoms with van der Waals surface area (Å²) in [5.41, 5.74) is 4.85. The summed E-state index contributed by atoms with van der Waals surface area (Å²) in [6.07, 6.45) is 1.80. The third-order valence-corrected chi connectivity index (χ3v) is 9.32. The number of nitrogens with one attached hydrogen (secondary N) is 2. The molecule has 6 aromatic carbocycles. The fourth-order valence-electron chi connectivity index (χ4n) is 7.02. The summed E-state index contributed by atoms with van der Waals surface area (Å²) in [6, 6.07) is 66.2. The first-order chi connectivity index (χ1) is 24.2. The Morgan fingerprint density at radius 1 is 0.367 bits per heavy atom. The Kier molecular flexibility index (Phi) is 10.7. The number of benzene rings is 6. The molecule has 0 spiro atoms. The second-order valence-corrected chi connectivity index (χ2v) is 12.3. The number of rotatable bonds is 14. The lowest BCUT2D eigenvalue weighted by molar-refractivity contribution is 0.385. The van der Waals surface area contributed by atoms with Gasteiger partial charge in [-0.05, 0) is 52.6 Å². The minimum absolute atomic E-state index is 0.484. The summed E-state index contributed by atoms with van der Waals surface area (Å²) >= 11 is 0. The highest BCUT2D eigenvalue weighted by Gasteiger charge is 2.40. The molecule has 49 heavy (non-hydrogen) atoms. The molecule has 0 amide bonds. The molecular weight excluding hydrogens is 597 g/mol. The fourth-order valence-corrected chi connectivity index (χ4v) is 7.02. The number of nitrogens with zero attached hydrogens (tertiary/aromatic N) is 2. The highest BCUT2D eigenvalue weighted by Crippen LogP contribution is 2.39. The Hall–Kier alpha value is -5.78. The fraction of sp³-hybridized carbons (Fsp3) is 0.156. The molecule has 0 aliphatic rings. The van der Waals surface area contributed by atoms with Crippen molar-refractivity contribution in [3.05, 3.63) is 215 Å². The first-order valence-electron chi connectivity index (χ1n) is 16.9. The summed E-state index contributed by atoms with van der Waals surface area (Å²) in [7, 11) is 0. The van der Waals surface area contributed by atoms with Crippen LogP contribution in [0, 0.1) is 22.7 Å². The molecule has 0 saturated heterocycles. The van der Waals surface area contributed by atoms with Crippen LogP contribution in [0.2, 0.25) is 0 Å². The Morgan fingerprint density at radius 2 is 0.571 bits per heavy atom. The van der Waals surface area contributed by atoms with Gasteiger partial charge in [0.15, 0.2) is 0 Å². The van der Waals surface area contributed by atoms with Gasteiger partial charge in [0.1, 0.15) is 0 Å². The summed E-state index contributed by atoms with van der Waals surface area (Å²) < 4.78 is 0. The van der Waals surface area contributed by atoms with Crippen LogP contribution in [-0.2, 0) is 11.1 Å². The van der Waals surface area contributed by atoms with Gasteiger partial charge in [0, 0.05) is 0 Å². The van der Waals surface area contributed by atoms with Crippen LogP contribution < -0.4 is 10.6 Å². The van der Waals surface area contributed by atoms with Gasteiger partial charge in [-0.15, -0.1) is 0 Å². The molecule has 4 heteroatoms. The Labute approximate surface area is 290 Å². The predicted octanol–water partition coefficient (Wildman–Crippen LogP) is 9.10. The van der Waals surface area contributed by atoms with Crippen molar-refractivity contribution in [1.29, 1.82) is 10.5 Å². The molecule has 4 nitrogen and oxygen atoms in total. The van der Waals surface area contributed by atoms with E-state index in [4.69, 9.17) is 0 Å². The van der Waals surface area contributed by atoms with Crippen LogP contribution in [0.25, 0.3) is 0 Å². The molecule has 0 aliphatic heterocycles. The van der Waals surface area contributed by atoms with Crippen molar-refractivity contribution >= 4 is 0 Å². The zero-order valence-electron chi connectivity index (χ0n) is 27.5. The van der Waals surface area contributed by atoms with E-state index in [0.29, 0.717) is 19.3 Å². The van der Waals surface area contributed by atoms with Crippen molar-refractivity contribution in [1.82, 2.24) is 10.6 Å². The Bertz CT molecular complexity index is 1610. The quantitative estimate of drug-likeness (QED) is 0.117. The molecule has 6 rings (SSSR count). The van der Waals surface area contributed by atoms with E-state index in [1.807, 2.05) is 109 Å². The SMILES string of the molecule is N#CC(CCCC(C#N)NC(c1ccccc1)(c1ccccc1)c1ccccc1)NC(c1ccccc1)(c1ccccc1)c1ccccc1. The molecule has 0 bridgehead atoms. The van der Waals surface area contributed by atoms with Crippen molar-refractivity contribution < 1.29 is 0 Å². The van der Waals surface area contributed by atoms with Crippen LogP contribution in [0.4, 0.5) is 0 Å². The maximum atomic E-state index is 10.6. The standard InChI is InChI=1S/C45H40N4/c46-34-42(48-44(36-20-7-1-8-21-36,37-22-9-2-10-23-37)38-24-11-3-12-25-38)32-19-33-43(35-47)49-45(39-26-13-4-14-27-39,40-28-15-5-16-29-40)41-30-17-6-18-31-41/h1-18,20-31,42-43,48-49H,19,32-33H2. The van der Waals surface area contributed by atoms with Crippen molar-refractivity contribution in [2.45, 2.75) is 42.4 Å². The third kappa shape index (κ3) is 7.08. The lowest BCUT2D eigenvalue weighted by Crippen LogP contribution is -2.50. The molecule has 0 fully saturated rings. The van der Waals surface area contributed by atoms with E-state index in [-0.39, 0.29) is 0 Å². The molecule has 0 aliphatic carbocycles. The van der Waals surface area contributed by atoms with Gasteiger partial charge in [-0.3, -0.25) is 10.6 Å². The second kappa shape index (κ2) is 15.9. The average molecular weight is 637 g/mol. The summed E-state index contributed by atoms with van der Waals surface area (Å²) in [5.74, 6) is 0. The smallest absolute Gasteiger partial charge is 0.0964 e. The number of hydrogen-bond acceptors (Lipinski definition) is 4. The molecule has 6 aromatic rings. The maximum Gasteiger partial charge on any atom is 0.0964 e. The van der Waals surface area contributed by atoms with E-state index in [9.17, 15) is 10.5 Å². The van der Waals surface area contributed by atoms with Gasteiger partial charge < -0.3 is 0 Å². The van der Waals surface area contributed by atoms with Crippen LogP contribution in [0.1, 0.15) is 52.6 Å². The summed E-state index contributed by atoms with van der Waals surface area (Å²) in [6.45, 7) is 0. The zero-order chi connectivity index (χ0) is 33.8. The second-order valence-electron chi connectivity index (χ2n) is 12.3. The normalized spacial score (nSPS) is 12.7. The monoisotopic (exact) mass is 636 g/mol. The molecule has 0 heterocycles. The zero-order valence-corrected chi connectivity index (χ0v) is 27.5. The van der Waals surface area contributed by atoms with E-state index in [2.05, 4.69) is 95.6 Å². The van der Waals surface area contributed by atoms with Gasteiger partial charge in [0.2, 0.25) is 0 Å². The minimum atomic E-state index is -0.750. The molecule has 240 valence electrons. The molecule has 2 atom stereocenters. The Morgan fingerprint density at radius 3 is 0.755 bits per heavy atom. The highest BCUT2D eigenvalue weighted by molar-refractivity contribution is 5.51. The van der Waals surface area contributed by atoms with Crippen molar-refractivity contribution in [2.75, 3.05) is 0 Å². The Balaban J connectivity index is 1.30. The van der Waals surface area contributed by atoms with Crippen molar-refractivity contribution in [3.8, 4) is 12.1 Å². The minimum Gasteiger partial charge on any atom is -0.285 e. The molecule has 0 saturated carbocycles. The van der Waals surface area contributed by atoms with Crippen LogP contribution in [0.5, 0.6) is 0 Å². The van der Waals surface area contributed by atoms with Gasteiger partial charge in [0.05, 0.1) is 35.3 Å². The van der Waals surface area contributed by atoms with Gasteiger partial charge >= 0.3 is 0 Å². The number of hydrogen-bond donors (Lipinski definition) is 2.